The Labute approximate surface area is 104 Å². The van der Waals surface area contributed by atoms with Gasteiger partial charge in [0.05, 0.1) is 6.54 Å². The number of hydrogen-bond donors (Lipinski definition) is 1. The number of aryl methyl sites for hydroxylation is 1. The molecule has 2 heterocycles. The van der Waals surface area contributed by atoms with Crippen LogP contribution in [-0.2, 0) is 17.8 Å². The molecule has 0 bridgehead atoms. The first-order chi connectivity index (χ1) is 8.34. The minimum Gasteiger partial charge on any atom is -0.351 e. The van der Waals surface area contributed by atoms with Gasteiger partial charge in [-0.25, -0.2) is 4.37 Å². The van der Waals surface area contributed by atoms with Crippen molar-refractivity contribution < 1.29 is 4.79 Å². The summed E-state index contributed by atoms with van der Waals surface area (Å²) in [5, 5.41) is 2.87. The van der Waals surface area contributed by atoms with Crippen LogP contribution in [-0.4, -0.2) is 15.3 Å². The highest BCUT2D eigenvalue weighted by Gasteiger charge is 2.02. The van der Waals surface area contributed by atoms with E-state index in [4.69, 9.17) is 0 Å². The van der Waals surface area contributed by atoms with E-state index in [1.165, 1.54) is 11.5 Å². The summed E-state index contributed by atoms with van der Waals surface area (Å²) < 4.78 is 3.98. The topological polar surface area (TPSA) is 54.9 Å². The molecule has 0 unspecified atom stereocenters. The highest BCUT2D eigenvalue weighted by atomic mass is 32.1. The number of pyridine rings is 1. The third kappa shape index (κ3) is 3.96. The van der Waals surface area contributed by atoms with E-state index < -0.39 is 0 Å². The summed E-state index contributed by atoms with van der Waals surface area (Å²) in [4.78, 5) is 16.6. The molecule has 0 radical (unpaired) electrons. The highest BCUT2D eigenvalue weighted by molar-refractivity contribution is 7.05. The lowest BCUT2D eigenvalue weighted by Crippen LogP contribution is -2.22. The van der Waals surface area contributed by atoms with Gasteiger partial charge in [0, 0.05) is 29.9 Å². The zero-order chi connectivity index (χ0) is 11.9. The second kappa shape index (κ2) is 6.10. The Balaban J connectivity index is 1.71. The van der Waals surface area contributed by atoms with Gasteiger partial charge in [-0.05, 0) is 41.7 Å². The summed E-state index contributed by atoms with van der Waals surface area (Å²) in [7, 11) is 0. The number of hydrogen-bond acceptors (Lipinski definition) is 4. The quantitative estimate of drug-likeness (QED) is 0.876. The molecule has 1 amide bonds. The molecule has 0 saturated carbocycles. The van der Waals surface area contributed by atoms with Crippen molar-refractivity contribution in [3.8, 4) is 0 Å². The lowest BCUT2D eigenvalue weighted by molar-refractivity contribution is -0.121. The van der Waals surface area contributed by atoms with Crippen LogP contribution >= 0.6 is 11.5 Å². The SMILES string of the molecule is O=C(CCc1ccncc1)NCc1ccns1. The molecule has 0 aromatic carbocycles. The summed E-state index contributed by atoms with van der Waals surface area (Å²) in [6.45, 7) is 0.569. The fraction of sp³-hybridized carbons (Fsp3) is 0.250. The van der Waals surface area contributed by atoms with Crippen LogP contribution in [0.3, 0.4) is 0 Å². The first-order valence-corrected chi connectivity index (χ1v) is 6.17. The maximum Gasteiger partial charge on any atom is 0.220 e. The van der Waals surface area contributed by atoms with Gasteiger partial charge in [-0.1, -0.05) is 0 Å². The minimum atomic E-state index is 0.0650. The predicted molar refractivity (Wildman–Crippen MR) is 66.5 cm³/mol. The summed E-state index contributed by atoms with van der Waals surface area (Å²) in [5.41, 5.74) is 1.13. The van der Waals surface area contributed by atoms with E-state index in [0.29, 0.717) is 13.0 Å². The van der Waals surface area contributed by atoms with Gasteiger partial charge < -0.3 is 5.32 Å². The van der Waals surface area contributed by atoms with Crippen molar-refractivity contribution in [2.75, 3.05) is 0 Å². The van der Waals surface area contributed by atoms with Gasteiger partial charge in [0.25, 0.3) is 0 Å². The highest BCUT2D eigenvalue weighted by Crippen LogP contribution is 2.04. The van der Waals surface area contributed by atoms with E-state index in [1.54, 1.807) is 18.6 Å². The molecular formula is C12H13N3OS. The van der Waals surface area contributed by atoms with E-state index in [0.717, 1.165) is 16.9 Å². The Hall–Kier alpha value is -1.75. The Kier molecular flexibility index (Phi) is 4.21. The molecule has 2 aromatic rings. The van der Waals surface area contributed by atoms with Crippen molar-refractivity contribution in [2.45, 2.75) is 19.4 Å². The van der Waals surface area contributed by atoms with Crippen molar-refractivity contribution in [2.24, 2.45) is 0 Å². The van der Waals surface area contributed by atoms with Crippen molar-refractivity contribution in [3.63, 3.8) is 0 Å². The number of rotatable bonds is 5. The molecule has 5 heteroatoms. The molecule has 0 aliphatic heterocycles. The molecule has 4 nitrogen and oxygen atoms in total. The van der Waals surface area contributed by atoms with Gasteiger partial charge in [0.15, 0.2) is 0 Å². The van der Waals surface area contributed by atoms with Crippen LogP contribution in [0.5, 0.6) is 0 Å². The van der Waals surface area contributed by atoms with Crippen molar-refractivity contribution in [1.82, 2.24) is 14.7 Å². The molecule has 0 fully saturated rings. The fourth-order valence-electron chi connectivity index (χ4n) is 1.41. The predicted octanol–water partition coefficient (Wildman–Crippen LogP) is 1.79. The third-order valence-corrected chi connectivity index (χ3v) is 3.08. The van der Waals surface area contributed by atoms with E-state index in [-0.39, 0.29) is 5.91 Å². The number of carbonyl (C=O) groups is 1. The van der Waals surface area contributed by atoms with Gasteiger partial charge in [0.1, 0.15) is 0 Å². The largest absolute Gasteiger partial charge is 0.351 e. The first kappa shape index (κ1) is 11.7. The van der Waals surface area contributed by atoms with E-state index in [1.807, 2.05) is 18.2 Å². The van der Waals surface area contributed by atoms with Crippen molar-refractivity contribution >= 4 is 17.4 Å². The summed E-state index contributed by atoms with van der Waals surface area (Å²) in [5.74, 6) is 0.0650. The molecule has 88 valence electrons. The standard InChI is InChI=1S/C12H13N3OS/c16-12(14-9-11-5-8-15-17-11)2-1-10-3-6-13-7-4-10/h3-8H,1-2,9H2,(H,14,16). The normalized spacial score (nSPS) is 10.1. The molecule has 0 aliphatic carbocycles. The van der Waals surface area contributed by atoms with Crippen LogP contribution in [0.1, 0.15) is 16.9 Å². The van der Waals surface area contributed by atoms with Crippen LogP contribution < -0.4 is 5.32 Å². The average molecular weight is 247 g/mol. The lowest BCUT2D eigenvalue weighted by atomic mass is 10.1. The molecular weight excluding hydrogens is 234 g/mol. The molecule has 1 N–H and O–H groups in total. The van der Waals surface area contributed by atoms with E-state index >= 15 is 0 Å². The lowest BCUT2D eigenvalue weighted by Gasteiger charge is -2.03. The van der Waals surface area contributed by atoms with E-state index in [2.05, 4.69) is 14.7 Å². The molecule has 0 aliphatic rings. The second-order valence-electron chi connectivity index (χ2n) is 3.61. The maximum atomic E-state index is 11.6. The zero-order valence-electron chi connectivity index (χ0n) is 9.30. The molecule has 0 atom stereocenters. The smallest absolute Gasteiger partial charge is 0.220 e. The summed E-state index contributed by atoms with van der Waals surface area (Å²) >= 11 is 1.41. The summed E-state index contributed by atoms with van der Waals surface area (Å²) in [6, 6.07) is 5.76. The Morgan fingerprint density at radius 1 is 1.24 bits per heavy atom. The fourth-order valence-corrected chi connectivity index (χ4v) is 1.93. The van der Waals surface area contributed by atoms with Gasteiger partial charge in [-0.15, -0.1) is 0 Å². The Morgan fingerprint density at radius 3 is 2.76 bits per heavy atom. The van der Waals surface area contributed by atoms with Crippen LogP contribution in [0.4, 0.5) is 0 Å². The van der Waals surface area contributed by atoms with Crippen LogP contribution in [0.2, 0.25) is 0 Å². The maximum absolute atomic E-state index is 11.6. The van der Waals surface area contributed by atoms with Gasteiger partial charge in [-0.2, -0.15) is 0 Å². The first-order valence-electron chi connectivity index (χ1n) is 5.40. The van der Waals surface area contributed by atoms with Gasteiger partial charge in [-0.3, -0.25) is 9.78 Å². The average Bonchev–Trinajstić information content (AvgIpc) is 2.88. The molecule has 0 saturated heterocycles. The van der Waals surface area contributed by atoms with Crippen LogP contribution in [0.25, 0.3) is 0 Å². The zero-order valence-corrected chi connectivity index (χ0v) is 10.1. The third-order valence-electron chi connectivity index (χ3n) is 2.34. The number of carbonyl (C=O) groups excluding carboxylic acids is 1. The van der Waals surface area contributed by atoms with Crippen molar-refractivity contribution in [1.29, 1.82) is 0 Å². The second-order valence-corrected chi connectivity index (χ2v) is 4.53. The molecule has 17 heavy (non-hydrogen) atoms. The Bertz CT molecular complexity index is 456. The minimum absolute atomic E-state index is 0.0650. The molecule has 2 rings (SSSR count). The van der Waals surface area contributed by atoms with Crippen molar-refractivity contribution in [3.05, 3.63) is 47.2 Å². The van der Waals surface area contributed by atoms with Gasteiger partial charge in [0.2, 0.25) is 5.91 Å². The monoisotopic (exact) mass is 247 g/mol. The number of nitrogens with one attached hydrogen (secondary N) is 1. The Morgan fingerprint density at radius 2 is 2.06 bits per heavy atom. The van der Waals surface area contributed by atoms with Crippen LogP contribution in [0, 0.1) is 0 Å². The van der Waals surface area contributed by atoms with Crippen LogP contribution in [0.15, 0.2) is 36.8 Å². The van der Waals surface area contributed by atoms with E-state index in [9.17, 15) is 4.79 Å². The molecule has 0 spiro atoms. The molecule has 2 aromatic heterocycles. The summed E-state index contributed by atoms with van der Waals surface area (Å²) in [6.07, 6.45) is 6.47. The number of nitrogens with zero attached hydrogens (tertiary/aromatic N) is 2. The van der Waals surface area contributed by atoms with Gasteiger partial charge >= 0.3 is 0 Å². The number of amides is 1. The number of aromatic nitrogens is 2.